The average molecular weight is 412 g/mol. The van der Waals surface area contributed by atoms with E-state index < -0.39 is 6.10 Å². The molecule has 6 nitrogen and oxygen atoms in total. The fraction of sp³-hybridized carbons (Fsp3) is 0.364. The van der Waals surface area contributed by atoms with Crippen molar-refractivity contribution in [1.29, 1.82) is 0 Å². The lowest BCUT2D eigenvalue weighted by Crippen LogP contribution is -2.55. The van der Waals surface area contributed by atoms with E-state index in [2.05, 4.69) is 42.3 Å². The number of fused-ring (bicyclic) bond motifs is 1. The minimum atomic E-state index is -0.600. The van der Waals surface area contributed by atoms with Crippen LogP contribution in [0.15, 0.2) is 42.5 Å². The number of amides is 1. The molecule has 0 aromatic heterocycles. The van der Waals surface area contributed by atoms with Crippen LogP contribution in [0, 0.1) is 13.8 Å². The summed E-state index contributed by atoms with van der Waals surface area (Å²) in [5.41, 5.74) is 3.39. The van der Waals surface area contributed by atoms with Gasteiger partial charge in [-0.15, -0.1) is 0 Å². The van der Waals surface area contributed by atoms with Crippen LogP contribution in [0.3, 0.4) is 0 Å². The fourth-order valence-electron chi connectivity index (χ4n) is 3.72. The maximum absolute atomic E-state index is 12.9. The number of piperazine rings is 1. The highest BCUT2D eigenvalue weighted by atomic mass is 32.1. The molecule has 2 heterocycles. The van der Waals surface area contributed by atoms with Gasteiger partial charge < -0.3 is 24.6 Å². The third kappa shape index (κ3) is 4.45. The van der Waals surface area contributed by atoms with Gasteiger partial charge in [-0.2, -0.15) is 0 Å². The number of rotatable bonds is 2. The summed E-state index contributed by atoms with van der Waals surface area (Å²) >= 11 is 5.58. The average Bonchev–Trinajstić information content (AvgIpc) is 2.72. The van der Waals surface area contributed by atoms with Gasteiger partial charge in [-0.05, 0) is 61.5 Å². The van der Waals surface area contributed by atoms with Gasteiger partial charge in [0.25, 0.3) is 5.91 Å². The van der Waals surface area contributed by atoms with E-state index in [1.807, 2.05) is 29.2 Å². The molecule has 0 radical (unpaired) electrons. The Kier molecular flexibility index (Phi) is 5.58. The number of para-hydroxylation sites is 2. The number of thiocarbonyl (C=S) groups is 1. The van der Waals surface area contributed by atoms with Gasteiger partial charge in [0.05, 0.1) is 0 Å². The van der Waals surface area contributed by atoms with Gasteiger partial charge in [0.15, 0.2) is 16.6 Å². The number of nitrogens with one attached hydrogen (secondary N) is 1. The van der Waals surface area contributed by atoms with E-state index in [0.29, 0.717) is 42.8 Å². The second-order valence-corrected chi connectivity index (χ2v) is 7.87. The van der Waals surface area contributed by atoms with E-state index in [1.165, 1.54) is 11.1 Å². The zero-order valence-electron chi connectivity index (χ0n) is 16.7. The summed E-state index contributed by atoms with van der Waals surface area (Å²) in [6, 6.07) is 13.7. The first-order chi connectivity index (χ1) is 14.0. The molecule has 0 aliphatic carbocycles. The van der Waals surface area contributed by atoms with Crippen LogP contribution in [0.1, 0.15) is 11.1 Å². The Morgan fingerprint density at radius 1 is 1.00 bits per heavy atom. The molecule has 7 heteroatoms. The molecule has 0 spiro atoms. The van der Waals surface area contributed by atoms with Gasteiger partial charge in [-0.1, -0.05) is 18.2 Å². The summed E-state index contributed by atoms with van der Waals surface area (Å²) in [6.45, 7) is 6.97. The third-order valence-corrected chi connectivity index (χ3v) is 5.50. The first kappa shape index (κ1) is 19.5. The lowest BCUT2D eigenvalue weighted by Gasteiger charge is -2.38. The van der Waals surface area contributed by atoms with E-state index >= 15 is 0 Å². The summed E-state index contributed by atoms with van der Waals surface area (Å²) < 4.78 is 11.5. The van der Waals surface area contributed by atoms with Crippen molar-refractivity contribution in [2.24, 2.45) is 0 Å². The first-order valence-electron chi connectivity index (χ1n) is 9.81. The van der Waals surface area contributed by atoms with E-state index in [9.17, 15) is 4.79 Å². The van der Waals surface area contributed by atoms with E-state index in [4.69, 9.17) is 21.7 Å². The number of carbonyl (C=O) groups excluding carboxylic acids is 1. The van der Waals surface area contributed by atoms with Gasteiger partial charge in [-0.25, -0.2) is 0 Å². The van der Waals surface area contributed by atoms with Crippen LogP contribution in [0.2, 0.25) is 0 Å². The standard InChI is InChI=1S/C22H25N3O3S/c1-15-11-16(2)13-17(12-15)23-22(29)25-9-7-24(8-10-25)21(26)20-14-27-18-5-3-4-6-19(18)28-20/h3-6,11-13,20H,7-10,14H2,1-2H3,(H,23,29)/t20-/m1/s1. The van der Waals surface area contributed by atoms with Crippen LogP contribution in [0.5, 0.6) is 11.5 Å². The van der Waals surface area contributed by atoms with Gasteiger partial charge >= 0.3 is 0 Å². The summed E-state index contributed by atoms with van der Waals surface area (Å²) in [7, 11) is 0. The molecule has 2 aromatic carbocycles. The molecular formula is C22H25N3O3S. The maximum Gasteiger partial charge on any atom is 0.267 e. The zero-order chi connectivity index (χ0) is 20.4. The molecule has 152 valence electrons. The molecule has 0 bridgehead atoms. The Morgan fingerprint density at radius 3 is 2.31 bits per heavy atom. The number of anilines is 1. The third-order valence-electron chi connectivity index (χ3n) is 5.14. The molecule has 2 aliphatic heterocycles. The van der Waals surface area contributed by atoms with Gasteiger partial charge in [0, 0.05) is 31.9 Å². The Bertz CT molecular complexity index is 905. The van der Waals surface area contributed by atoms with Crippen LogP contribution in [-0.2, 0) is 4.79 Å². The summed E-state index contributed by atoms with van der Waals surface area (Å²) in [5.74, 6) is 1.27. The molecule has 1 N–H and O–H groups in total. The molecule has 1 saturated heterocycles. The molecule has 29 heavy (non-hydrogen) atoms. The highest BCUT2D eigenvalue weighted by molar-refractivity contribution is 7.80. The molecule has 1 fully saturated rings. The molecule has 2 aromatic rings. The molecule has 1 amide bonds. The predicted octanol–water partition coefficient (Wildman–Crippen LogP) is 2.98. The fourth-order valence-corrected chi connectivity index (χ4v) is 4.02. The number of nitrogens with zero attached hydrogens (tertiary/aromatic N) is 2. The van der Waals surface area contributed by atoms with Crippen molar-refractivity contribution in [2.75, 3.05) is 38.1 Å². The number of hydrogen-bond donors (Lipinski definition) is 1. The number of aryl methyl sites for hydroxylation is 2. The molecule has 0 unspecified atom stereocenters. The SMILES string of the molecule is Cc1cc(C)cc(NC(=S)N2CCN(C(=O)[C@H]3COc4ccccc4O3)CC2)c1. The summed E-state index contributed by atoms with van der Waals surface area (Å²) in [4.78, 5) is 16.8. The molecular weight excluding hydrogens is 386 g/mol. The van der Waals surface area contributed by atoms with Crippen molar-refractivity contribution >= 4 is 28.9 Å². The maximum atomic E-state index is 12.9. The number of ether oxygens (including phenoxy) is 2. The topological polar surface area (TPSA) is 54.0 Å². The Balaban J connectivity index is 1.31. The van der Waals surface area contributed by atoms with Gasteiger partial charge in [-0.3, -0.25) is 4.79 Å². The largest absolute Gasteiger partial charge is 0.485 e. The van der Waals surface area contributed by atoms with Gasteiger partial charge in [0.1, 0.15) is 6.61 Å². The molecule has 4 rings (SSSR count). The van der Waals surface area contributed by atoms with E-state index in [1.54, 1.807) is 0 Å². The van der Waals surface area contributed by atoms with Crippen molar-refractivity contribution in [3.05, 3.63) is 53.6 Å². The van der Waals surface area contributed by atoms with Crippen molar-refractivity contribution in [2.45, 2.75) is 20.0 Å². The van der Waals surface area contributed by atoms with Crippen LogP contribution in [-0.4, -0.2) is 59.7 Å². The Hall–Kier alpha value is -2.80. The van der Waals surface area contributed by atoms with Crippen LogP contribution < -0.4 is 14.8 Å². The van der Waals surface area contributed by atoms with Crippen LogP contribution >= 0.6 is 12.2 Å². The second kappa shape index (κ2) is 8.29. The quantitative estimate of drug-likeness (QED) is 0.767. The van der Waals surface area contributed by atoms with Gasteiger partial charge in [0.2, 0.25) is 6.10 Å². The smallest absolute Gasteiger partial charge is 0.267 e. The highest BCUT2D eigenvalue weighted by Gasteiger charge is 2.33. The van der Waals surface area contributed by atoms with Crippen LogP contribution in [0.4, 0.5) is 5.69 Å². The Labute approximate surface area is 176 Å². The van der Waals surface area contributed by atoms with Crippen molar-refractivity contribution in [3.8, 4) is 11.5 Å². The lowest BCUT2D eigenvalue weighted by molar-refractivity contribution is -0.142. The normalized spacial score (nSPS) is 18.3. The van der Waals surface area contributed by atoms with Crippen molar-refractivity contribution < 1.29 is 14.3 Å². The molecule has 2 aliphatic rings. The van der Waals surface area contributed by atoms with E-state index in [0.717, 1.165) is 5.69 Å². The predicted molar refractivity (Wildman–Crippen MR) is 117 cm³/mol. The van der Waals surface area contributed by atoms with Crippen molar-refractivity contribution in [1.82, 2.24) is 9.80 Å². The summed E-state index contributed by atoms with van der Waals surface area (Å²) in [5, 5.41) is 4.01. The Morgan fingerprint density at radius 2 is 1.62 bits per heavy atom. The monoisotopic (exact) mass is 411 g/mol. The minimum Gasteiger partial charge on any atom is -0.485 e. The van der Waals surface area contributed by atoms with E-state index in [-0.39, 0.29) is 12.5 Å². The lowest BCUT2D eigenvalue weighted by atomic mass is 10.1. The molecule has 0 saturated carbocycles. The van der Waals surface area contributed by atoms with Crippen molar-refractivity contribution in [3.63, 3.8) is 0 Å². The number of carbonyl (C=O) groups is 1. The molecule has 1 atom stereocenters. The van der Waals surface area contributed by atoms with Crippen LogP contribution in [0.25, 0.3) is 0 Å². The highest BCUT2D eigenvalue weighted by Crippen LogP contribution is 2.31. The zero-order valence-corrected chi connectivity index (χ0v) is 17.5. The summed E-state index contributed by atoms with van der Waals surface area (Å²) in [6.07, 6.45) is -0.600. The number of benzene rings is 2. The minimum absolute atomic E-state index is 0.0349. The number of hydrogen-bond acceptors (Lipinski definition) is 4. The second-order valence-electron chi connectivity index (χ2n) is 7.48. The first-order valence-corrected chi connectivity index (χ1v) is 10.2.